The second-order valence-corrected chi connectivity index (χ2v) is 8.05. The SMILES string of the molecule is NC(=O)CC1(COc2ccc(F)cc2)CN(C(=O)C2Cc3ccccc3C2)CCO1. The van der Waals surface area contributed by atoms with Crippen molar-refractivity contribution in [2.45, 2.75) is 24.9 Å². The average molecular weight is 412 g/mol. The second-order valence-electron chi connectivity index (χ2n) is 8.05. The van der Waals surface area contributed by atoms with E-state index in [1.807, 2.05) is 12.1 Å². The van der Waals surface area contributed by atoms with Crippen LogP contribution in [0.1, 0.15) is 17.5 Å². The number of fused-ring (bicyclic) bond motifs is 1. The van der Waals surface area contributed by atoms with E-state index in [0.29, 0.717) is 18.9 Å². The predicted octanol–water partition coefficient (Wildman–Crippen LogP) is 2.09. The first-order valence-electron chi connectivity index (χ1n) is 10.1. The molecule has 2 amide bonds. The van der Waals surface area contributed by atoms with Crippen molar-refractivity contribution in [2.75, 3.05) is 26.3 Å². The lowest BCUT2D eigenvalue weighted by molar-refractivity contribution is -0.164. The molecule has 1 aliphatic heterocycles. The molecular formula is C23H25FN2O4. The number of hydrogen-bond donors (Lipinski definition) is 1. The van der Waals surface area contributed by atoms with Crippen LogP contribution in [0.25, 0.3) is 0 Å². The van der Waals surface area contributed by atoms with Crippen molar-refractivity contribution < 1.29 is 23.5 Å². The quantitative estimate of drug-likeness (QED) is 0.788. The van der Waals surface area contributed by atoms with Crippen LogP contribution in [0.4, 0.5) is 4.39 Å². The Labute approximate surface area is 174 Å². The van der Waals surface area contributed by atoms with Crippen molar-refractivity contribution >= 4 is 11.8 Å². The predicted molar refractivity (Wildman–Crippen MR) is 108 cm³/mol. The van der Waals surface area contributed by atoms with E-state index in [2.05, 4.69) is 12.1 Å². The Kier molecular flexibility index (Phi) is 5.72. The van der Waals surface area contributed by atoms with Crippen LogP contribution in [0.2, 0.25) is 0 Å². The summed E-state index contributed by atoms with van der Waals surface area (Å²) in [5.74, 6) is -0.480. The molecule has 0 radical (unpaired) electrons. The second kappa shape index (κ2) is 8.44. The molecule has 2 N–H and O–H groups in total. The van der Waals surface area contributed by atoms with Gasteiger partial charge >= 0.3 is 0 Å². The maximum absolute atomic E-state index is 13.2. The summed E-state index contributed by atoms with van der Waals surface area (Å²) in [6, 6.07) is 13.7. The molecule has 158 valence electrons. The summed E-state index contributed by atoms with van der Waals surface area (Å²) >= 11 is 0. The molecule has 0 aromatic heterocycles. The minimum absolute atomic E-state index is 0.0379. The Morgan fingerprint density at radius 2 is 1.80 bits per heavy atom. The Morgan fingerprint density at radius 1 is 1.13 bits per heavy atom. The number of nitrogens with zero attached hydrogens (tertiary/aromatic N) is 1. The molecule has 1 fully saturated rings. The van der Waals surface area contributed by atoms with E-state index in [0.717, 1.165) is 12.8 Å². The maximum Gasteiger partial charge on any atom is 0.226 e. The molecule has 1 aliphatic carbocycles. The number of carbonyl (C=O) groups excluding carboxylic acids is 2. The van der Waals surface area contributed by atoms with Crippen molar-refractivity contribution in [1.82, 2.24) is 4.90 Å². The van der Waals surface area contributed by atoms with Gasteiger partial charge in [-0.3, -0.25) is 9.59 Å². The molecule has 1 heterocycles. The molecule has 1 saturated heterocycles. The molecule has 4 rings (SSSR count). The Bertz CT molecular complexity index is 908. The van der Waals surface area contributed by atoms with Crippen LogP contribution in [0.3, 0.4) is 0 Å². The normalized spacial score (nSPS) is 21.3. The fourth-order valence-electron chi connectivity index (χ4n) is 4.33. The highest BCUT2D eigenvalue weighted by Crippen LogP contribution is 2.30. The van der Waals surface area contributed by atoms with Crippen molar-refractivity contribution in [3.8, 4) is 5.75 Å². The van der Waals surface area contributed by atoms with Gasteiger partial charge in [0.1, 0.15) is 23.8 Å². The van der Waals surface area contributed by atoms with Gasteiger partial charge in [0.15, 0.2) is 0 Å². The number of primary amides is 1. The van der Waals surface area contributed by atoms with Gasteiger partial charge in [0.25, 0.3) is 0 Å². The third-order valence-corrected chi connectivity index (χ3v) is 5.77. The zero-order valence-corrected chi connectivity index (χ0v) is 16.7. The monoisotopic (exact) mass is 412 g/mol. The summed E-state index contributed by atoms with van der Waals surface area (Å²) in [5, 5.41) is 0. The molecule has 2 aliphatic rings. The van der Waals surface area contributed by atoms with E-state index in [1.165, 1.54) is 35.4 Å². The standard InChI is InChI=1S/C23H25FN2O4/c24-19-5-7-20(8-6-19)29-15-23(13-21(25)27)14-26(9-10-30-23)22(28)18-11-16-3-1-2-4-17(16)12-18/h1-8,18H,9-15H2,(H2,25,27). The van der Waals surface area contributed by atoms with E-state index >= 15 is 0 Å². The van der Waals surface area contributed by atoms with Crippen LogP contribution < -0.4 is 10.5 Å². The summed E-state index contributed by atoms with van der Waals surface area (Å²) in [6.07, 6.45) is 1.38. The molecular weight excluding hydrogens is 387 g/mol. The number of rotatable bonds is 6. The smallest absolute Gasteiger partial charge is 0.226 e. The van der Waals surface area contributed by atoms with E-state index in [4.69, 9.17) is 15.2 Å². The van der Waals surface area contributed by atoms with Crippen LogP contribution in [0, 0.1) is 11.7 Å². The number of hydrogen-bond acceptors (Lipinski definition) is 4. The first-order chi connectivity index (χ1) is 14.4. The van der Waals surface area contributed by atoms with Gasteiger partial charge in [0.05, 0.1) is 19.6 Å². The van der Waals surface area contributed by atoms with Crippen molar-refractivity contribution in [3.63, 3.8) is 0 Å². The average Bonchev–Trinajstić information content (AvgIpc) is 3.17. The molecule has 2 aromatic carbocycles. The van der Waals surface area contributed by atoms with Crippen molar-refractivity contribution in [2.24, 2.45) is 11.7 Å². The van der Waals surface area contributed by atoms with Gasteiger partial charge in [0.2, 0.25) is 11.8 Å². The van der Waals surface area contributed by atoms with Crippen molar-refractivity contribution in [3.05, 3.63) is 65.5 Å². The minimum Gasteiger partial charge on any atom is -0.490 e. The molecule has 0 bridgehead atoms. The van der Waals surface area contributed by atoms with Gasteiger partial charge in [-0.05, 0) is 48.2 Å². The minimum atomic E-state index is -1.03. The van der Waals surface area contributed by atoms with Crippen LogP contribution in [-0.2, 0) is 27.2 Å². The van der Waals surface area contributed by atoms with Gasteiger partial charge in [-0.15, -0.1) is 0 Å². The largest absolute Gasteiger partial charge is 0.490 e. The van der Waals surface area contributed by atoms with Crippen LogP contribution in [0.5, 0.6) is 5.75 Å². The number of nitrogens with two attached hydrogens (primary N) is 1. The highest BCUT2D eigenvalue weighted by molar-refractivity contribution is 5.81. The number of benzene rings is 2. The summed E-state index contributed by atoms with van der Waals surface area (Å²) in [4.78, 5) is 26.7. The zero-order valence-electron chi connectivity index (χ0n) is 16.7. The topological polar surface area (TPSA) is 81.9 Å². The molecule has 6 nitrogen and oxygen atoms in total. The Balaban J connectivity index is 1.46. The number of ether oxygens (including phenoxy) is 2. The maximum atomic E-state index is 13.2. The molecule has 1 atom stereocenters. The summed E-state index contributed by atoms with van der Waals surface area (Å²) in [5.41, 5.74) is 6.87. The first-order valence-corrected chi connectivity index (χ1v) is 10.1. The number of carbonyl (C=O) groups is 2. The summed E-state index contributed by atoms with van der Waals surface area (Å²) in [7, 11) is 0. The van der Waals surface area contributed by atoms with Crippen LogP contribution in [0.15, 0.2) is 48.5 Å². The molecule has 0 spiro atoms. The molecule has 30 heavy (non-hydrogen) atoms. The highest BCUT2D eigenvalue weighted by Gasteiger charge is 2.42. The summed E-state index contributed by atoms with van der Waals surface area (Å²) < 4.78 is 24.8. The van der Waals surface area contributed by atoms with Crippen molar-refractivity contribution in [1.29, 1.82) is 0 Å². The third kappa shape index (κ3) is 4.46. The number of morpholine rings is 1. The van der Waals surface area contributed by atoms with Gasteiger partial charge in [-0.1, -0.05) is 24.3 Å². The Hall–Kier alpha value is -2.93. The molecule has 0 saturated carbocycles. The van der Waals surface area contributed by atoms with E-state index < -0.39 is 11.5 Å². The van der Waals surface area contributed by atoms with E-state index in [-0.39, 0.29) is 37.2 Å². The number of amides is 2. The number of halogens is 1. The van der Waals surface area contributed by atoms with Gasteiger partial charge < -0.3 is 20.1 Å². The zero-order chi connectivity index (χ0) is 21.1. The lowest BCUT2D eigenvalue weighted by Crippen LogP contribution is -2.58. The molecule has 2 aromatic rings. The summed E-state index contributed by atoms with van der Waals surface area (Å²) in [6.45, 7) is 1.02. The van der Waals surface area contributed by atoms with E-state index in [1.54, 1.807) is 4.90 Å². The van der Waals surface area contributed by atoms with Gasteiger partial charge in [0, 0.05) is 12.5 Å². The van der Waals surface area contributed by atoms with Crippen LogP contribution in [-0.4, -0.2) is 48.6 Å². The fraction of sp³-hybridized carbons (Fsp3) is 0.391. The lowest BCUT2D eigenvalue weighted by atomic mass is 9.95. The lowest BCUT2D eigenvalue weighted by Gasteiger charge is -2.42. The third-order valence-electron chi connectivity index (χ3n) is 5.77. The Morgan fingerprint density at radius 3 is 2.43 bits per heavy atom. The first kappa shape index (κ1) is 20.3. The highest BCUT2D eigenvalue weighted by atomic mass is 19.1. The van der Waals surface area contributed by atoms with Gasteiger partial charge in [-0.25, -0.2) is 4.39 Å². The van der Waals surface area contributed by atoms with Gasteiger partial charge in [-0.2, -0.15) is 0 Å². The van der Waals surface area contributed by atoms with E-state index in [9.17, 15) is 14.0 Å². The molecule has 7 heteroatoms. The fourth-order valence-corrected chi connectivity index (χ4v) is 4.33. The molecule has 1 unspecified atom stereocenters. The van der Waals surface area contributed by atoms with Crippen LogP contribution >= 0.6 is 0 Å².